The summed E-state index contributed by atoms with van der Waals surface area (Å²) in [5.74, 6) is 0.523. The highest BCUT2D eigenvalue weighted by atomic mass is 16.5. The second kappa shape index (κ2) is 22.1. The fourth-order valence-electron chi connectivity index (χ4n) is 6.91. The lowest BCUT2D eigenvalue weighted by Gasteiger charge is -2.34. The molecule has 59 heavy (non-hydrogen) atoms. The molecule has 3 aromatic rings. The topological polar surface area (TPSA) is 213 Å². The molecule has 3 aromatic carbocycles. The fourth-order valence-corrected chi connectivity index (χ4v) is 6.91. The van der Waals surface area contributed by atoms with Crippen molar-refractivity contribution in [2.24, 2.45) is 15.7 Å². The van der Waals surface area contributed by atoms with Crippen LogP contribution >= 0.6 is 0 Å². The quantitative estimate of drug-likeness (QED) is 0.0325. The molecule has 0 aliphatic carbocycles. The van der Waals surface area contributed by atoms with E-state index in [2.05, 4.69) is 37.6 Å². The van der Waals surface area contributed by atoms with E-state index in [9.17, 15) is 19.2 Å². The Kier molecular flexibility index (Phi) is 16.4. The summed E-state index contributed by atoms with van der Waals surface area (Å²) in [6.45, 7) is 8.00. The maximum absolute atomic E-state index is 13.3. The van der Waals surface area contributed by atoms with Crippen LogP contribution in [0.4, 0.5) is 5.69 Å². The predicted octanol–water partition coefficient (Wildman–Crippen LogP) is 3.63. The standard InChI is InChI=1S/C43H53N9O7/c1-46-36(54)19-16-31(28-53)52-42(55)34-12-7-13-35(37(34)43(52)56)49-20-23-57-25-26-58-24-22-51-21-8-9-30(27-51)50-41(48-3)38(40(45)47-2)39(44)29-14-17-33(18-15-29)59-32-10-5-4-6-11-32/h4-7,10-15,17-18,28,30-31,44,49H,2,8-9,16,19-27,45H2,1,3H3,(H,46,54)(H,48,50)/b40-38-,44-39?. The number of anilines is 1. The fraction of sp³-hybridized carbons (Fsp3) is 0.372. The van der Waals surface area contributed by atoms with E-state index >= 15 is 0 Å². The van der Waals surface area contributed by atoms with Crippen LogP contribution in [0.25, 0.3) is 0 Å². The number of piperidine rings is 1. The van der Waals surface area contributed by atoms with Crippen molar-refractivity contribution in [2.75, 3.05) is 72.0 Å². The third kappa shape index (κ3) is 11.7. The van der Waals surface area contributed by atoms with Gasteiger partial charge in [0.2, 0.25) is 5.91 Å². The molecule has 6 N–H and O–H groups in total. The molecule has 2 heterocycles. The van der Waals surface area contributed by atoms with Gasteiger partial charge in [0.1, 0.15) is 29.4 Å². The van der Waals surface area contributed by atoms with E-state index in [4.69, 9.17) is 25.4 Å². The number of nitrogens with one attached hydrogen (secondary N) is 4. The number of aldehydes is 1. The van der Waals surface area contributed by atoms with Crippen LogP contribution in [0.15, 0.2) is 94.2 Å². The second-order valence-electron chi connectivity index (χ2n) is 13.9. The Balaban J connectivity index is 1.02. The van der Waals surface area contributed by atoms with Gasteiger partial charge in [0, 0.05) is 57.4 Å². The van der Waals surface area contributed by atoms with Gasteiger partial charge in [0.05, 0.1) is 54.9 Å². The Morgan fingerprint density at radius 1 is 1.00 bits per heavy atom. The van der Waals surface area contributed by atoms with Crippen molar-refractivity contribution in [3.63, 3.8) is 0 Å². The van der Waals surface area contributed by atoms with E-state index in [1.807, 2.05) is 30.3 Å². The zero-order valence-corrected chi connectivity index (χ0v) is 33.6. The lowest BCUT2D eigenvalue weighted by atomic mass is 9.99. The third-order valence-electron chi connectivity index (χ3n) is 9.97. The summed E-state index contributed by atoms with van der Waals surface area (Å²) in [5.41, 5.74) is 8.34. The Morgan fingerprint density at radius 3 is 2.42 bits per heavy atom. The molecule has 2 aliphatic rings. The van der Waals surface area contributed by atoms with Gasteiger partial charge in [-0.2, -0.15) is 0 Å². The lowest BCUT2D eigenvalue weighted by molar-refractivity contribution is -0.121. The number of rotatable bonds is 22. The first-order valence-corrected chi connectivity index (χ1v) is 19.6. The van der Waals surface area contributed by atoms with E-state index in [1.54, 1.807) is 49.5 Å². The van der Waals surface area contributed by atoms with Crippen LogP contribution in [-0.2, 0) is 19.1 Å². The van der Waals surface area contributed by atoms with Crippen molar-refractivity contribution in [3.05, 3.63) is 101 Å². The highest BCUT2D eigenvalue weighted by molar-refractivity contribution is 6.29. The summed E-state index contributed by atoms with van der Waals surface area (Å²) in [7, 11) is 3.14. The van der Waals surface area contributed by atoms with Gasteiger partial charge in [-0.3, -0.25) is 34.6 Å². The minimum absolute atomic E-state index is 0.00757. The van der Waals surface area contributed by atoms with Crippen molar-refractivity contribution in [3.8, 4) is 11.5 Å². The zero-order valence-electron chi connectivity index (χ0n) is 33.6. The number of benzene rings is 3. The van der Waals surface area contributed by atoms with Crippen molar-refractivity contribution < 1.29 is 33.4 Å². The zero-order chi connectivity index (χ0) is 42.1. The van der Waals surface area contributed by atoms with E-state index in [1.165, 1.54) is 7.05 Å². The molecule has 5 rings (SSSR count). The predicted molar refractivity (Wildman–Crippen MR) is 227 cm³/mol. The number of likely N-dealkylation sites (tertiary alicyclic amines) is 1. The molecular weight excluding hydrogens is 755 g/mol. The van der Waals surface area contributed by atoms with Crippen LogP contribution in [0.1, 0.15) is 52.0 Å². The monoisotopic (exact) mass is 807 g/mol. The number of imide groups is 1. The SMILES string of the molecule is C=N/C(N)=C(C(=N)c1ccc(Oc2ccccc2)cc1)\C(=N/C)NC1CCCN(CCOCCOCCNc2cccc3c2C(=O)N(C(C=O)CCC(=O)NC)C3=O)C1. The van der Waals surface area contributed by atoms with Gasteiger partial charge in [-0.05, 0) is 81.1 Å². The maximum atomic E-state index is 13.3. The van der Waals surface area contributed by atoms with Gasteiger partial charge in [-0.25, -0.2) is 4.99 Å². The van der Waals surface area contributed by atoms with E-state index in [0.29, 0.717) is 67.7 Å². The van der Waals surface area contributed by atoms with Crippen molar-refractivity contribution >= 4 is 48.0 Å². The summed E-state index contributed by atoms with van der Waals surface area (Å²) in [5, 5.41) is 18.2. The number of carbonyl (C=O) groups is 4. The molecule has 2 atom stereocenters. The Labute approximate surface area is 344 Å². The van der Waals surface area contributed by atoms with Crippen molar-refractivity contribution in [2.45, 2.75) is 37.8 Å². The van der Waals surface area contributed by atoms with E-state index < -0.39 is 17.9 Å². The first-order chi connectivity index (χ1) is 28.7. The molecule has 0 bridgehead atoms. The summed E-state index contributed by atoms with van der Waals surface area (Å²) >= 11 is 0. The number of fused-ring (bicyclic) bond motifs is 1. The molecule has 0 radical (unpaired) electrons. The number of aliphatic imine (C=N–C) groups is 2. The van der Waals surface area contributed by atoms with E-state index in [-0.39, 0.29) is 47.5 Å². The highest BCUT2D eigenvalue weighted by Gasteiger charge is 2.41. The van der Waals surface area contributed by atoms with Gasteiger partial charge in [0.15, 0.2) is 0 Å². The number of para-hydroxylation sites is 1. The molecular formula is C43H53N9O7. The van der Waals surface area contributed by atoms with Crippen molar-refractivity contribution in [1.82, 2.24) is 20.4 Å². The minimum atomic E-state index is -1.04. The first-order valence-electron chi connectivity index (χ1n) is 19.6. The molecule has 0 aromatic heterocycles. The van der Waals surface area contributed by atoms with Crippen LogP contribution in [0.2, 0.25) is 0 Å². The number of carbonyl (C=O) groups excluding carboxylic acids is 4. The number of amides is 3. The summed E-state index contributed by atoms with van der Waals surface area (Å²) in [6.07, 6.45) is 2.46. The molecule has 3 amide bonds. The molecule has 2 unspecified atom stereocenters. The Bertz CT molecular complexity index is 2020. The molecule has 16 heteroatoms. The number of nitrogens with zero attached hydrogens (tertiary/aromatic N) is 4. The average Bonchev–Trinajstić information content (AvgIpc) is 3.52. The van der Waals surface area contributed by atoms with Crippen LogP contribution in [0.3, 0.4) is 0 Å². The molecule has 2 aliphatic heterocycles. The smallest absolute Gasteiger partial charge is 0.264 e. The maximum Gasteiger partial charge on any atom is 0.264 e. The van der Waals surface area contributed by atoms with Crippen LogP contribution in [-0.4, -0.2) is 131 Å². The normalized spacial score (nSPS) is 16.5. The van der Waals surface area contributed by atoms with Gasteiger partial charge >= 0.3 is 0 Å². The van der Waals surface area contributed by atoms with Gasteiger partial charge in [-0.1, -0.05) is 24.3 Å². The molecule has 0 saturated carbocycles. The number of hydrogen-bond acceptors (Lipinski definition) is 13. The Hall–Kier alpha value is -6.23. The molecule has 1 fully saturated rings. The summed E-state index contributed by atoms with van der Waals surface area (Å²) in [6, 6.07) is 20.6. The van der Waals surface area contributed by atoms with Crippen molar-refractivity contribution in [1.29, 1.82) is 5.41 Å². The molecule has 1 saturated heterocycles. The lowest BCUT2D eigenvalue weighted by Crippen LogP contribution is -2.49. The van der Waals surface area contributed by atoms with E-state index in [0.717, 1.165) is 43.1 Å². The van der Waals surface area contributed by atoms with Gasteiger partial charge in [-0.15, -0.1) is 0 Å². The number of ether oxygens (including phenoxy) is 3. The number of hydrogen-bond donors (Lipinski definition) is 5. The summed E-state index contributed by atoms with van der Waals surface area (Å²) in [4.78, 5) is 61.5. The number of nitrogens with two attached hydrogens (primary N) is 1. The van der Waals surface area contributed by atoms with Crippen LogP contribution in [0, 0.1) is 5.41 Å². The highest BCUT2D eigenvalue weighted by Crippen LogP contribution is 2.31. The minimum Gasteiger partial charge on any atom is -0.457 e. The van der Waals surface area contributed by atoms with Gasteiger partial charge in [0.25, 0.3) is 11.8 Å². The first kappa shape index (κ1) is 43.9. The van der Waals surface area contributed by atoms with Gasteiger partial charge < -0.3 is 40.7 Å². The number of amidine groups is 1. The molecule has 312 valence electrons. The average molecular weight is 808 g/mol. The molecule has 16 nitrogen and oxygen atoms in total. The second-order valence-corrected chi connectivity index (χ2v) is 13.9. The summed E-state index contributed by atoms with van der Waals surface area (Å²) < 4.78 is 17.5. The largest absolute Gasteiger partial charge is 0.457 e. The Morgan fingerprint density at radius 2 is 1.73 bits per heavy atom. The third-order valence-corrected chi connectivity index (χ3v) is 9.97. The molecule has 0 spiro atoms. The van der Waals surface area contributed by atoms with Crippen LogP contribution < -0.4 is 26.4 Å². The van der Waals surface area contributed by atoms with Crippen LogP contribution in [0.5, 0.6) is 11.5 Å².